The van der Waals surface area contributed by atoms with Gasteiger partial charge in [0.1, 0.15) is 5.69 Å². The minimum Gasteiger partial charge on any atom is -0.381 e. The SMILES string of the molecule is COC1CCCC(Nc2c(F)c(F)cc(F)c2F)C1. The Morgan fingerprint density at radius 1 is 1.11 bits per heavy atom. The molecule has 1 saturated carbocycles. The fraction of sp³-hybridized carbons (Fsp3) is 0.538. The molecule has 1 N–H and O–H groups in total. The first-order valence-electron chi connectivity index (χ1n) is 6.15. The van der Waals surface area contributed by atoms with Gasteiger partial charge in [-0.3, -0.25) is 0 Å². The van der Waals surface area contributed by atoms with Crippen LogP contribution in [0.1, 0.15) is 25.7 Å². The molecule has 1 aromatic rings. The maximum absolute atomic E-state index is 13.5. The zero-order chi connectivity index (χ0) is 14.0. The van der Waals surface area contributed by atoms with Gasteiger partial charge in [-0.1, -0.05) is 0 Å². The van der Waals surface area contributed by atoms with Crippen LogP contribution in [0, 0.1) is 23.3 Å². The molecule has 106 valence electrons. The van der Waals surface area contributed by atoms with Gasteiger partial charge in [-0.2, -0.15) is 0 Å². The van der Waals surface area contributed by atoms with E-state index < -0.39 is 29.0 Å². The Labute approximate surface area is 108 Å². The number of nitrogens with one attached hydrogen (secondary N) is 1. The van der Waals surface area contributed by atoms with Crippen LogP contribution in [-0.4, -0.2) is 19.3 Å². The molecule has 0 bridgehead atoms. The number of halogens is 4. The first kappa shape index (κ1) is 14.1. The van der Waals surface area contributed by atoms with Gasteiger partial charge in [0.15, 0.2) is 23.3 Å². The summed E-state index contributed by atoms with van der Waals surface area (Å²) in [6, 6.07) is -0.0572. The minimum absolute atomic E-state index is 0.00391. The molecule has 2 unspecified atom stereocenters. The third-order valence-corrected chi connectivity index (χ3v) is 3.42. The molecule has 0 amide bonds. The lowest BCUT2D eigenvalue weighted by atomic mass is 9.92. The third-order valence-electron chi connectivity index (χ3n) is 3.42. The Morgan fingerprint density at radius 3 is 2.32 bits per heavy atom. The van der Waals surface area contributed by atoms with E-state index in [1.165, 1.54) is 0 Å². The fourth-order valence-electron chi connectivity index (χ4n) is 2.39. The van der Waals surface area contributed by atoms with Crippen LogP contribution < -0.4 is 5.32 Å². The zero-order valence-corrected chi connectivity index (χ0v) is 10.5. The van der Waals surface area contributed by atoms with Gasteiger partial charge in [0.25, 0.3) is 0 Å². The van der Waals surface area contributed by atoms with E-state index in [0.29, 0.717) is 12.8 Å². The average Bonchev–Trinajstić information content (AvgIpc) is 2.41. The van der Waals surface area contributed by atoms with E-state index in [9.17, 15) is 17.6 Å². The molecular weight excluding hydrogens is 262 g/mol. The summed E-state index contributed by atoms with van der Waals surface area (Å²) in [6.45, 7) is 0. The predicted octanol–water partition coefficient (Wildman–Crippen LogP) is 3.61. The van der Waals surface area contributed by atoms with Crippen LogP contribution in [0.15, 0.2) is 6.07 Å². The summed E-state index contributed by atoms with van der Waals surface area (Å²) in [5, 5.41) is 2.55. The monoisotopic (exact) mass is 277 g/mol. The topological polar surface area (TPSA) is 21.3 Å². The fourth-order valence-corrected chi connectivity index (χ4v) is 2.39. The maximum atomic E-state index is 13.5. The standard InChI is InChI=1S/C13H15F4NO/c1-19-8-4-2-3-7(5-8)18-13-11(16)9(14)6-10(15)12(13)17/h6-8,18H,2-5H2,1H3. The van der Waals surface area contributed by atoms with E-state index >= 15 is 0 Å². The molecule has 1 aliphatic carbocycles. The Kier molecular flexibility index (Phi) is 4.29. The summed E-state index contributed by atoms with van der Waals surface area (Å²) >= 11 is 0. The summed E-state index contributed by atoms with van der Waals surface area (Å²) < 4.78 is 58.3. The Bertz CT molecular complexity index is 440. The first-order chi connectivity index (χ1) is 9.02. The molecule has 19 heavy (non-hydrogen) atoms. The summed E-state index contributed by atoms with van der Waals surface area (Å²) in [7, 11) is 1.57. The molecule has 0 radical (unpaired) electrons. The van der Waals surface area contributed by atoms with Crippen LogP contribution in [0.3, 0.4) is 0 Å². The number of hydrogen-bond donors (Lipinski definition) is 1. The van der Waals surface area contributed by atoms with Crippen molar-refractivity contribution in [3.05, 3.63) is 29.3 Å². The number of ether oxygens (including phenoxy) is 1. The van der Waals surface area contributed by atoms with Crippen LogP contribution in [0.2, 0.25) is 0 Å². The van der Waals surface area contributed by atoms with Gasteiger partial charge in [0.2, 0.25) is 0 Å². The van der Waals surface area contributed by atoms with Crippen molar-refractivity contribution in [2.75, 3.05) is 12.4 Å². The lowest BCUT2D eigenvalue weighted by Gasteiger charge is -2.29. The van der Waals surface area contributed by atoms with Crippen molar-refractivity contribution in [3.63, 3.8) is 0 Å². The average molecular weight is 277 g/mol. The van der Waals surface area contributed by atoms with Crippen molar-refractivity contribution in [2.45, 2.75) is 37.8 Å². The van der Waals surface area contributed by atoms with Crippen molar-refractivity contribution in [3.8, 4) is 0 Å². The molecule has 1 fully saturated rings. The molecule has 0 saturated heterocycles. The molecule has 0 heterocycles. The summed E-state index contributed by atoms with van der Waals surface area (Å²) in [4.78, 5) is 0. The second kappa shape index (κ2) is 5.77. The van der Waals surface area contributed by atoms with Crippen molar-refractivity contribution >= 4 is 5.69 Å². The van der Waals surface area contributed by atoms with Crippen LogP contribution >= 0.6 is 0 Å². The molecule has 2 atom stereocenters. The molecule has 2 rings (SSSR count). The molecular formula is C13H15F4NO. The summed E-state index contributed by atoms with van der Waals surface area (Å²) in [5.74, 6) is -5.59. The molecule has 2 nitrogen and oxygen atoms in total. The van der Waals surface area contributed by atoms with Crippen molar-refractivity contribution in [2.24, 2.45) is 0 Å². The summed E-state index contributed by atoms with van der Waals surface area (Å²) in [6.07, 6.45) is 2.93. The van der Waals surface area contributed by atoms with Crippen LogP contribution in [0.4, 0.5) is 23.2 Å². The first-order valence-corrected chi connectivity index (χ1v) is 6.15. The number of benzene rings is 1. The van der Waals surface area contributed by atoms with E-state index in [4.69, 9.17) is 4.74 Å². The molecule has 0 spiro atoms. The van der Waals surface area contributed by atoms with E-state index in [-0.39, 0.29) is 18.2 Å². The smallest absolute Gasteiger partial charge is 0.185 e. The van der Waals surface area contributed by atoms with Gasteiger partial charge < -0.3 is 10.1 Å². The lowest BCUT2D eigenvalue weighted by Crippen LogP contribution is -2.31. The highest BCUT2D eigenvalue weighted by molar-refractivity contribution is 5.48. The zero-order valence-electron chi connectivity index (χ0n) is 10.5. The third kappa shape index (κ3) is 3.00. The maximum Gasteiger partial charge on any atom is 0.185 e. The highest BCUT2D eigenvalue weighted by Crippen LogP contribution is 2.29. The van der Waals surface area contributed by atoms with E-state index in [1.807, 2.05) is 0 Å². The lowest BCUT2D eigenvalue weighted by molar-refractivity contribution is 0.0668. The van der Waals surface area contributed by atoms with Crippen LogP contribution in [-0.2, 0) is 4.74 Å². The summed E-state index contributed by atoms with van der Waals surface area (Å²) in [5.41, 5.74) is -0.737. The molecule has 1 aliphatic rings. The van der Waals surface area contributed by atoms with Gasteiger partial charge in [-0.25, -0.2) is 17.6 Å². The molecule has 6 heteroatoms. The molecule has 0 aromatic heterocycles. The number of rotatable bonds is 3. The van der Waals surface area contributed by atoms with Crippen molar-refractivity contribution < 1.29 is 22.3 Å². The second-order valence-electron chi connectivity index (χ2n) is 4.71. The van der Waals surface area contributed by atoms with Crippen molar-refractivity contribution in [1.29, 1.82) is 0 Å². The quantitative estimate of drug-likeness (QED) is 0.673. The number of hydrogen-bond acceptors (Lipinski definition) is 2. The predicted molar refractivity (Wildman–Crippen MR) is 62.9 cm³/mol. The van der Waals surface area contributed by atoms with Gasteiger partial charge in [-0.05, 0) is 25.7 Å². The number of anilines is 1. The van der Waals surface area contributed by atoms with E-state index in [1.54, 1.807) is 7.11 Å². The molecule has 1 aromatic carbocycles. The highest BCUT2D eigenvalue weighted by Gasteiger charge is 2.25. The van der Waals surface area contributed by atoms with E-state index in [2.05, 4.69) is 5.32 Å². The van der Waals surface area contributed by atoms with Gasteiger partial charge >= 0.3 is 0 Å². The number of methoxy groups -OCH3 is 1. The second-order valence-corrected chi connectivity index (χ2v) is 4.71. The van der Waals surface area contributed by atoms with E-state index in [0.717, 1.165) is 12.8 Å². The highest BCUT2D eigenvalue weighted by atomic mass is 19.2. The Morgan fingerprint density at radius 2 is 1.74 bits per heavy atom. The van der Waals surface area contributed by atoms with Gasteiger partial charge in [0, 0.05) is 19.2 Å². The van der Waals surface area contributed by atoms with Gasteiger partial charge in [-0.15, -0.1) is 0 Å². The largest absolute Gasteiger partial charge is 0.381 e. The minimum atomic E-state index is -1.40. The molecule has 0 aliphatic heterocycles. The Balaban J connectivity index is 2.19. The van der Waals surface area contributed by atoms with Crippen molar-refractivity contribution in [1.82, 2.24) is 0 Å². The normalized spacial score (nSPS) is 23.4. The van der Waals surface area contributed by atoms with Crippen LogP contribution in [0.5, 0.6) is 0 Å². The van der Waals surface area contributed by atoms with Crippen LogP contribution in [0.25, 0.3) is 0 Å². The Hall–Kier alpha value is -1.30. The van der Waals surface area contributed by atoms with Gasteiger partial charge in [0.05, 0.1) is 6.10 Å².